The van der Waals surface area contributed by atoms with E-state index in [1.807, 2.05) is 20.8 Å². The first kappa shape index (κ1) is 18.0. The molecule has 1 aliphatic heterocycles. The maximum atomic E-state index is 12.3. The summed E-state index contributed by atoms with van der Waals surface area (Å²) in [6.07, 6.45) is 4.04. The van der Waals surface area contributed by atoms with E-state index in [1.165, 1.54) is 0 Å². The summed E-state index contributed by atoms with van der Waals surface area (Å²) in [5.41, 5.74) is 4.68. The molecule has 1 heterocycles. The number of nitrogens with zero attached hydrogens (tertiary/aromatic N) is 1. The fraction of sp³-hybridized carbons (Fsp3) is 0.882. The van der Waals surface area contributed by atoms with Gasteiger partial charge >= 0.3 is 12.1 Å². The van der Waals surface area contributed by atoms with Crippen LogP contribution in [0.4, 0.5) is 4.79 Å². The van der Waals surface area contributed by atoms with Crippen LogP contribution in [0.3, 0.4) is 0 Å². The van der Waals surface area contributed by atoms with Crippen molar-refractivity contribution in [3.05, 3.63) is 0 Å². The maximum absolute atomic E-state index is 12.3. The van der Waals surface area contributed by atoms with Crippen molar-refractivity contribution in [3.8, 4) is 0 Å². The highest BCUT2D eigenvalue weighted by molar-refractivity contribution is 5.75. The van der Waals surface area contributed by atoms with Crippen molar-refractivity contribution in [2.24, 2.45) is 17.1 Å². The van der Waals surface area contributed by atoms with Crippen molar-refractivity contribution < 1.29 is 19.4 Å². The normalized spacial score (nSPS) is 32.4. The summed E-state index contributed by atoms with van der Waals surface area (Å²) in [7, 11) is 0. The summed E-state index contributed by atoms with van der Waals surface area (Å²) < 4.78 is 5.44. The van der Waals surface area contributed by atoms with Gasteiger partial charge in [0, 0.05) is 19.1 Å². The van der Waals surface area contributed by atoms with Gasteiger partial charge in [0.15, 0.2) is 0 Å². The smallest absolute Gasteiger partial charge is 0.410 e. The number of ether oxygens (including phenoxy) is 1. The highest BCUT2D eigenvalue weighted by Gasteiger charge is 2.49. The fourth-order valence-corrected chi connectivity index (χ4v) is 3.87. The molecule has 0 bridgehead atoms. The van der Waals surface area contributed by atoms with E-state index < -0.39 is 17.0 Å². The molecule has 2 fully saturated rings. The van der Waals surface area contributed by atoms with E-state index in [4.69, 9.17) is 10.5 Å². The Labute approximate surface area is 138 Å². The zero-order valence-corrected chi connectivity index (χ0v) is 14.5. The van der Waals surface area contributed by atoms with Crippen LogP contribution in [-0.2, 0) is 9.53 Å². The summed E-state index contributed by atoms with van der Waals surface area (Å²) in [5.74, 6) is -0.755. The molecule has 1 unspecified atom stereocenters. The van der Waals surface area contributed by atoms with Gasteiger partial charge in [-0.1, -0.05) is 0 Å². The third-order valence-electron chi connectivity index (χ3n) is 5.20. The molecule has 3 N–H and O–H groups in total. The van der Waals surface area contributed by atoms with Gasteiger partial charge in [0.2, 0.25) is 0 Å². The van der Waals surface area contributed by atoms with Crippen LogP contribution in [0.5, 0.6) is 0 Å². The molecule has 0 radical (unpaired) electrons. The van der Waals surface area contributed by atoms with E-state index in [1.54, 1.807) is 4.90 Å². The van der Waals surface area contributed by atoms with E-state index in [-0.39, 0.29) is 18.1 Å². The molecule has 0 aromatic carbocycles. The molecule has 2 aliphatic rings. The largest absolute Gasteiger partial charge is 0.481 e. The molecule has 1 amide bonds. The van der Waals surface area contributed by atoms with Crippen LogP contribution in [0.25, 0.3) is 0 Å². The number of carboxylic acid groups (broad SMARTS) is 1. The molecule has 132 valence electrons. The predicted octanol–water partition coefficient (Wildman–Crippen LogP) is 2.61. The van der Waals surface area contributed by atoms with Crippen molar-refractivity contribution in [3.63, 3.8) is 0 Å². The lowest BCUT2D eigenvalue weighted by atomic mass is 9.63. The number of piperidine rings is 1. The molecule has 0 aromatic rings. The summed E-state index contributed by atoms with van der Waals surface area (Å²) in [5, 5.41) is 9.86. The molecule has 0 spiro atoms. The minimum Gasteiger partial charge on any atom is -0.481 e. The number of carbonyl (C=O) groups excluding carboxylic acids is 1. The molecule has 23 heavy (non-hydrogen) atoms. The Kier molecular flexibility index (Phi) is 5.23. The van der Waals surface area contributed by atoms with E-state index >= 15 is 0 Å². The molecule has 0 aromatic heterocycles. The Morgan fingerprint density at radius 3 is 2.35 bits per heavy atom. The van der Waals surface area contributed by atoms with Gasteiger partial charge in [-0.25, -0.2) is 4.79 Å². The van der Waals surface area contributed by atoms with Gasteiger partial charge in [-0.05, 0) is 65.2 Å². The van der Waals surface area contributed by atoms with Crippen LogP contribution in [0.2, 0.25) is 0 Å². The van der Waals surface area contributed by atoms with E-state index in [0.717, 1.165) is 25.7 Å². The van der Waals surface area contributed by atoms with Crippen LogP contribution in [-0.4, -0.2) is 46.8 Å². The van der Waals surface area contributed by atoms with E-state index in [0.29, 0.717) is 25.9 Å². The molecule has 6 nitrogen and oxygen atoms in total. The molecule has 2 rings (SSSR count). The predicted molar refractivity (Wildman–Crippen MR) is 87.0 cm³/mol. The SMILES string of the molecule is CC(C)(C)OC(=O)N1CCCC(C2(C(=O)O)CCC(N)CC2)C1. The molecule has 6 heteroatoms. The Hall–Kier alpha value is -1.30. The Morgan fingerprint density at radius 1 is 1.22 bits per heavy atom. The first-order valence-electron chi connectivity index (χ1n) is 8.61. The molecule has 1 atom stereocenters. The highest BCUT2D eigenvalue weighted by Crippen LogP contribution is 2.46. The van der Waals surface area contributed by atoms with Gasteiger partial charge in [-0.15, -0.1) is 0 Å². The number of likely N-dealkylation sites (tertiary alicyclic amines) is 1. The quantitative estimate of drug-likeness (QED) is 0.813. The van der Waals surface area contributed by atoms with Gasteiger partial charge in [0.1, 0.15) is 5.60 Å². The van der Waals surface area contributed by atoms with Crippen LogP contribution >= 0.6 is 0 Å². The third-order valence-corrected chi connectivity index (χ3v) is 5.20. The number of hydrogen-bond donors (Lipinski definition) is 2. The zero-order chi connectivity index (χ0) is 17.3. The Balaban J connectivity index is 2.09. The number of hydrogen-bond acceptors (Lipinski definition) is 4. The molecule has 1 saturated carbocycles. The van der Waals surface area contributed by atoms with Gasteiger partial charge < -0.3 is 20.5 Å². The number of carbonyl (C=O) groups is 2. The van der Waals surface area contributed by atoms with Crippen LogP contribution < -0.4 is 5.73 Å². The second kappa shape index (κ2) is 6.67. The second-order valence-corrected chi connectivity index (χ2v) is 8.06. The van der Waals surface area contributed by atoms with Gasteiger partial charge in [-0.3, -0.25) is 4.79 Å². The van der Waals surface area contributed by atoms with E-state index in [9.17, 15) is 14.7 Å². The van der Waals surface area contributed by atoms with Gasteiger partial charge in [-0.2, -0.15) is 0 Å². The highest BCUT2D eigenvalue weighted by atomic mass is 16.6. The van der Waals surface area contributed by atoms with Crippen molar-refractivity contribution in [2.45, 2.75) is 70.9 Å². The average molecular weight is 326 g/mol. The second-order valence-electron chi connectivity index (χ2n) is 8.06. The molecule has 1 saturated heterocycles. The van der Waals surface area contributed by atoms with Crippen molar-refractivity contribution in [1.82, 2.24) is 4.90 Å². The van der Waals surface area contributed by atoms with Crippen molar-refractivity contribution >= 4 is 12.1 Å². The molecular weight excluding hydrogens is 296 g/mol. The third kappa shape index (κ3) is 4.16. The lowest BCUT2D eigenvalue weighted by Crippen LogP contribution is -2.52. The van der Waals surface area contributed by atoms with Crippen molar-refractivity contribution in [2.75, 3.05) is 13.1 Å². The summed E-state index contributed by atoms with van der Waals surface area (Å²) in [6.45, 7) is 6.63. The number of aliphatic carboxylic acids is 1. The average Bonchev–Trinajstić information content (AvgIpc) is 2.46. The number of amides is 1. The maximum Gasteiger partial charge on any atom is 0.410 e. The molecular formula is C17H30N2O4. The monoisotopic (exact) mass is 326 g/mol. The topological polar surface area (TPSA) is 92.9 Å². The van der Waals surface area contributed by atoms with Crippen molar-refractivity contribution in [1.29, 1.82) is 0 Å². The van der Waals surface area contributed by atoms with Crippen LogP contribution in [0, 0.1) is 11.3 Å². The van der Waals surface area contributed by atoms with Crippen LogP contribution in [0.1, 0.15) is 59.3 Å². The Bertz CT molecular complexity index is 450. The number of rotatable bonds is 2. The minimum absolute atomic E-state index is 0.0197. The first-order chi connectivity index (χ1) is 10.6. The minimum atomic E-state index is -0.740. The lowest BCUT2D eigenvalue weighted by molar-refractivity contribution is -0.157. The summed E-state index contributed by atoms with van der Waals surface area (Å²) in [6, 6.07) is 0.105. The van der Waals surface area contributed by atoms with Gasteiger partial charge in [0.25, 0.3) is 0 Å². The van der Waals surface area contributed by atoms with Gasteiger partial charge in [0.05, 0.1) is 5.41 Å². The summed E-state index contributed by atoms with van der Waals surface area (Å²) in [4.78, 5) is 26.0. The number of nitrogens with two attached hydrogens (primary N) is 1. The zero-order valence-electron chi connectivity index (χ0n) is 14.5. The number of carboxylic acids is 1. The first-order valence-corrected chi connectivity index (χ1v) is 8.61. The summed E-state index contributed by atoms with van der Waals surface area (Å²) >= 11 is 0. The standard InChI is InChI=1S/C17H30N2O4/c1-16(2,3)23-15(22)19-10-4-5-12(11-19)17(14(20)21)8-6-13(18)7-9-17/h12-13H,4-11,18H2,1-3H3,(H,20,21). The fourth-order valence-electron chi connectivity index (χ4n) is 3.87. The molecule has 1 aliphatic carbocycles. The Morgan fingerprint density at radius 2 is 1.83 bits per heavy atom. The van der Waals surface area contributed by atoms with E-state index in [2.05, 4.69) is 0 Å². The van der Waals surface area contributed by atoms with Crippen LogP contribution in [0.15, 0.2) is 0 Å². The lowest BCUT2D eigenvalue weighted by Gasteiger charge is -2.45.